The molecule has 4 amide bonds. The van der Waals surface area contributed by atoms with Gasteiger partial charge in [-0.2, -0.15) is 4.72 Å². The largest absolute Gasteiger partial charge is 0.593 e. The quantitative estimate of drug-likeness (QED) is 0.354. The molecule has 0 aromatic heterocycles. The molecule has 6 atom stereocenters. The van der Waals surface area contributed by atoms with Crippen molar-refractivity contribution >= 4 is 35.2 Å². The Bertz CT molecular complexity index is 974. The molecule has 220 valence electrons. The first-order valence-corrected chi connectivity index (χ1v) is 15.2. The van der Waals surface area contributed by atoms with Gasteiger partial charge in [-0.15, -0.1) is 0 Å². The average Bonchev–Trinajstić information content (AvgIpc) is 3.35. The van der Waals surface area contributed by atoms with Gasteiger partial charge in [0.25, 0.3) is 5.91 Å². The van der Waals surface area contributed by atoms with Crippen LogP contribution in [0, 0.1) is 11.8 Å². The molecule has 0 aromatic rings. The van der Waals surface area contributed by atoms with E-state index >= 15 is 0 Å². The van der Waals surface area contributed by atoms with Gasteiger partial charge in [-0.05, 0) is 79.6 Å². The Hall–Kier alpha value is -2.27. The molecule has 0 spiro atoms. The molecule has 2 fully saturated rings. The van der Waals surface area contributed by atoms with Crippen molar-refractivity contribution < 1.29 is 28.5 Å². The number of alkyl carbamates (subject to hydrolysis) is 1. The van der Waals surface area contributed by atoms with E-state index in [0.29, 0.717) is 25.8 Å². The lowest BCUT2D eigenvalue weighted by atomic mass is 10.0. The number of hydrogen-bond donors (Lipinski definition) is 3. The number of rotatable bonds is 3. The number of allylic oxidation sites excluding steroid dienone is 1. The topological polar surface area (TPSA) is 140 Å². The van der Waals surface area contributed by atoms with Gasteiger partial charge in [-0.3, -0.25) is 14.4 Å². The summed E-state index contributed by atoms with van der Waals surface area (Å²) < 4.78 is 20.0. The molecule has 1 aliphatic carbocycles. The second-order valence-electron chi connectivity index (χ2n) is 13.2. The molecule has 0 radical (unpaired) electrons. The summed E-state index contributed by atoms with van der Waals surface area (Å²) >= 11 is -1.64. The van der Waals surface area contributed by atoms with Crippen LogP contribution in [0.3, 0.4) is 0 Å². The van der Waals surface area contributed by atoms with Crippen molar-refractivity contribution in [2.45, 2.75) is 121 Å². The van der Waals surface area contributed by atoms with Gasteiger partial charge in [0.05, 0.1) is 11.4 Å². The van der Waals surface area contributed by atoms with E-state index in [0.717, 1.165) is 25.7 Å². The lowest BCUT2D eigenvalue weighted by Gasteiger charge is -2.31. The third kappa shape index (κ3) is 8.13. The fourth-order valence-electron chi connectivity index (χ4n) is 5.11. The summed E-state index contributed by atoms with van der Waals surface area (Å²) in [5, 5.41) is 5.69. The summed E-state index contributed by atoms with van der Waals surface area (Å²) in [5.41, 5.74) is -1.92. The Morgan fingerprint density at radius 2 is 1.85 bits per heavy atom. The van der Waals surface area contributed by atoms with Crippen molar-refractivity contribution in [3.8, 4) is 0 Å². The van der Waals surface area contributed by atoms with Crippen LogP contribution in [0.25, 0.3) is 0 Å². The second-order valence-corrected chi connectivity index (χ2v) is 15.2. The molecular weight excluding hydrogens is 520 g/mol. The number of ether oxygens (including phenoxy) is 1. The number of carbonyl (C=O) groups is 4. The van der Waals surface area contributed by atoms with Crippen LogP contribution in [0.5, 0.6) is 0 Å². The van der Waals surface area contributed by atoms with Gasteiger partial charge in [0.1, 0.15) is 28.0 Å². The molecule has 0 bridgehead atoms. The van der Waals surface area contributed by atoms with Gasteiger partial charge >= 0.3 is 6.09 Å². The van der Waals surface area contributed by atoms with E-state index < -0.39 is 57.2 Å². The normalized spacial score (nSPS) is 31.9. The molecule has 0 aromatic carbocycles. The zero-order valence-electron chi connectivity index (χ0n) is 24.4. The number of nitrogens with zero attached hydrogens (tertiary/aromatic N) is 1. The SMILES string of the molecule is C[C@@H]1C[C@H]2C(=O)N[C@]3(C(=O)N[S+]([O-])C(C)(C)C)C[C@H]3/C=C\CCCCC[C@H](NC(=O)OC(C)(C)C)C(=O)N2C1. The summed E-state index contributed by atoms with van der Waals surface area (Å²) in [4.78, 5) is 54.9. The maximum absolute atomic E-state index is 13.8. The van der Waals surface area contributed by atoms with E-state index in [2.05, 4.69) is 15.4 Å². The lowest BCUT2D eigenvalue weighted by molar-refractivity contribution is -0.141. The molecular formula is C28H46N4O6S. The number of carbonyl (C=O) groups excluding carboxylic acids is 4. The van der Waals surface area contributed by atoms with Crippen LogP contribution < -0.4 is 15.4 Å². The number of hydrogen-bond acceptors (Lipinski definition) is 6. The molecule has 39 heavy (non-hydrogen) atoms. The van der Waals surface area contributed by atoms with E-state index in [4.69, 9.17) is 4.74 Å². The van der Waals surface area contributed by atoms with Gasteiger partial charge in [0, 0.05) is 12.5 Å². The fraction of sp³-hybridized carbons (Fsp3) is 0.786. The first kappa shape index (κ1) is 31.3. The molecule has 1 saturated heterocycles. The van der Waals surface area contributed by atoms with Crippen molar-refractivity contribution in [1.82, 2.24) is 20.3 Å². The zero-order chi connectivity index (χ0) is 29.2. The van der Waals surface area contributed by atoms with Crippen LogP contribution in [0.1, 0.15) is 93.4 Å². The Labute approximate surface area is 235 Å². The maximum atomic E-state index is 13.8. The van der Waals surface area contributed by atoms with Crippen LogP contribution in [0.2, 0.25) is 0 Å². The van der Waals surface area contributed by atoms with Crippen LogP contribution in [-0.2, 0) is 30.5 Å². The first-order chi connectivity index (χ1) is 18.0. The van der Waals surface area contributed by atoms with Crippen molar-refractivity contribution in [3.05, 3.63) is 12.2 Å². The minimum absolute atomic E-state index is 0.0684. The summed E-state index contributed by atoms with van der Waals surface area (Å²) in [6.45, 7) is 12.9. The molecule has 11 heteroatoms. The smallest absolute Gasteiger partial charge is 0.408 e. The van der Waals surface area contributed by atoms with E-state index in [1.165, 1.54) is 4.90 Å². The highest BCUT2D eigenvalue weighted by Crippen LogP contribution is 2.46. The summed E-state index contributed by atoms with van der Waals surface area (Å²) in [5.74, 6) is -1.35. The highest BCUT2D eigenvalue weighted by molar-refractivity contribution is 7.91. The Morgan fingerprint density at radius 3 is 2.49 bits per heavy atom. The van der Waals surface area contributed by atoms with Gasteiger partial charge in [-0.1, -0.05) is 31.9 Å². The molecule has 3 aliphatic rings. The number of fused-ring (bicyclic) bond motifs is 2. The predicted molar refractivity (Wildman–Crippen MR) is 150 cm³/mol. The van der Waals surface area contributed by atoms with Crippen molar-refractivity contribution in [3.63, 3.8) is 0 Å². The minimum Gasteiger partial charge on any atom is -0.593 e. The monoisotopic (exact) mass is 566 g/mol. The molecule has 3 rings (SSSR count). The van der Waals surface area contributed by atoms with E-state index in [1.807, 2.05) is 19.1 Å². The average molecular weight is 567 g/mol. The standard InChI is InChI=1S/C28H46N4O6S/c1-18-15-21-22(33)30-28(24(35)31-39(37)27(5,6)7)16-19(28)13-11-9-8-10-12-14-20(23(34)32(21)17-18)29-25(36)38-26(2,3)4/h11,13,18-21H,8-10,12,14-17H2,1-7H3,(H,29,36)(H,30,33)(H,31,35)/b13-11-/t18-,19-,20+,21+,28-,39?/m1/s1. The Kier molecular flexibility index (Phi) is 9.68. The van der Waals surface area contributed by atoms with E-state index in [1.54, 1.807) is 41.5 Å². The molecule has 2 heterocycles. The molecule has 3 N–H and O–H groups in total. The van der Waals surface area contributed by atoms with E-state index in [-0.39, 0.29) is 17.7 Å². The highest BCUT2D eigenvalue weighted by Gasteiger charge is 2.62. The summed E-state index contributed by atoms with van der Waals surface area (Å²) in [7, 11) is 0. The van der Waals surface area contributed by atoms with Crippen LogP contribution in [0.15, 0.2) is 12.2 Å². The van der Waals surface area contributed by atoms with Crippen molar-refractivity contribution in [2.75, 3.05) is 6.54 Å². The fourth-order valence-corrected chi connectivity index (χ4v) is 5.76. The first-order valence-electron chi connectivity index (χ1n) is 14.0. The van der Waals surface area contributed by atoms with Crippen LogP contribution >= 0.6 is 0 Å². The number of amides is 4. The minimum atomic E-state index is -1.64. The molecule has 10 nitrogen and oxygen atoms in total. The van der Waals surface area contributed by atoms with Crippen molar-refractivity contribution in [2.24, 2.45) is 11.8 Å². The zero-order valence-corrected chi connectivity index (χ0v) is 25.2. The number of nitrogens with one attached hydrogen (secondary N) is 3. The van der Waals surface area contributed by atoms with Crippen molar-refractivity contribution in [1.29, 1.82) is 0 Å². The van der Waals surface area contributed by atoms with Crippen LogP contribution in [0.4, 0.5) is 4.79 Å². The third-order valence-corrected chi connectivity index (χ3v) is 8.81. The maximum Gasteiger partial charge on any atom is 0.408 e. The van der Waals surface area contributed by atoms with Crippen LogP contribution in [-0.4, -0.2) is 67.8 Å². The molecule has 1 unspecified atom stereocenters. The highest BCUT2D eigenvalue weighted by atomic mass is 32.2. The Balaban J connectivity index is 1.86. The van der Waals surface area contributed by atoms with E-state index in [9.17, 15) is 23.7 Å². The van der Waals surface area contributed by atoms with Gasteiger partial charge in [0.2, 0.25) is 11.8 Å². The van der Waals surface area contributed by atoms with Gasteiger partial charge < -0.3 is 24.8 Å². The third-order valence-electron chi connectivity index (χ3n) is 7.32. The molecule has 2 aliphatic heterocycles. The second kappa shape index (κ2) is 12.1. The summed E-state index contributed by atoms with van der Waals surface area (Å²) in [6.07, 6.45) is 7.89. The lowest BCUT2D eigenvalue weighted by Crippen LogP contribution is -2.59. The van der Waals surface area contributed by atoms with Gasteiger partial charge in [0.15, 0.2) is 0 Å². The summed E-state index contributed by atoms with van der Waals surface area (Å²) in [6, 6.07) is -1.59. The molecule has 1 saturated carbocycles. The predicted octanol–water partition coefficient (Wildman–Crippen LogP) is 3.09. The Morgan fingerprint density at radius 1 is 1.15 bits per heavy atom. The van der Waals surface area contributed by atoms with Gasteiger partial charge in [-0.25, -0.2) is 4.79 Å².